The average Bonchev–Trinajstić information content (AvgIpc) is 2.71. The van der Waals surface area contributed by atoms with Crippen LogP contribution >= 0.6 is 0 Å². The van der Waals surface area contributed by atoms with Crippen LogP contribution in [0.5, 0.6) is 0 Å². The lowest BCUT2D eigenvalue weighted by atomic mass is 10.2. The molecule has 19 heavy (non-hydrogen) atoms. The van der Waals surface area contributed by atoms with Crippen molar-refractivity contribution in [2.75, 3.05) is 0 Å². The van der Waals surface area contributed by atoms with Crippen molar-refractivity contribution >= 4 is 10.9 Å². The zero-order valence-electron chi connectivity index (χ0n) is 10.3. The Morgan fingerprint density at radius 3 is 2.79 bits per heavy atom. The van der Waals surface area contributed by atoms with Crippen LogP contribution in [-0.4, -0.2) is 19.3 Å². The minimum absolute atomic E-state index is 0.330. The van der Waals surface area contributed by atoms with E-state index in [2.05, 4.69) is 10.1 Å². The fourth-order valence-electron chi connectivity index (χ4n) is 2.14. The van der Waals surface area contributed by atoms with Gasteiger partial charge in [-0.3, -0.25) is 19.0 Å². The van der Waals surface area contributed by atoms with Crippen molar-refractivity contribution in [2.45, 2.75) is 6.54 Å². The van der Waals surface area contributed by atoms with Gasteiger partial charge in [-0.05, 0) is 6.07 Å². The summed E-state index contributed by atoms with van der Waals surface area (Å²) >= 11 is 0. The van der Waals surface area contributed by atoms with Crippen LogP contribution in [0, 0.1) is 0 Å². The summed E-state index contributed by atoms with van der Waals surface area (Å²) < 4.78 is 3.21. The minimum atomic E-state index is -0.428. The number of H-pyrrole nitrogens is 1. The monoisotopic (exact) mass is 256 g/mol. The molecule has 0 saturated carbocycles. The fraction of sp³-hybridized carbons (Fsp3) is 0.154. The number of rotatable bonds is 2. The summed E-state index contributed by atoms with van der Waals surface area (Å²) in [5.41, 5.74) is 0.983. The molecule has 96 valence electrons. The van der Waals surface area contributed by atoms with E-state index in [0.29, 0.717) is 6.54 Å². The molecule has 1 N–H and O–H groups in total. The average molecular weight is 256 g/mol. The first kappa shape index (κ1) is 11.5. The number of aromatic nitrogens is 4. The van der Waals surface area contributed by atoms with Crippen LogP contribution in [0.1, 0.15) is 5.69 Å². The molecule has 0 amide bonds. The van der Waals surface area contributed by atoms with Crippen LogP contribution in [0.4, 0.5) is 0 Å². The second-order valence-corrected chi connectivity index (χ2v) is 4.33. The zero-order valence-corrected chi connectivity index (χ0v) is 10.3. The van der Waals surface area contributed by atoms with E-state index in [-0.39, 0.29) is 0 Å². The Kier molecular flexibility index (Phi) is 2.56. The molecule has 0 fully saturated rings. The largest absolute Gasteiger partial charge is 0.328 e. The third kappa shape index (κ3) is 1.97. The molecule has 0 radical (unpaired) electrons. The molecule has 0 aliphatic rings. The number of para-hydroxylation sites is 1. The van der Waals surface area contributed by atoms with Gasteiger partial charge in [0.2, 0.25) is 0 Å². The van der Waals surface area contributed by atoms with Gasteiger partial charge in [-0.2, -0.15) is 5.10 Å². The highest BCUT2D eigenvalue weighted by atomic mass is 16.2. The number of aryl methyl sites for hydroxylation is 1. The predicted octanol–water partition coefficient (Wildman–Crippen LogP) is 0.472. The van der Waals surface area contributed by atoms with Gasteiger partial charge in [-0.25, -0.2) is 4.79 Å². The van der Waals surface area contributed by atoms with Gasteiger partial charge in [-0.15, -0.1) is 0 Å². The Hall–Kier alpha value is -2.63. The van der Waals surface area contributed by atoms with Gasteiger partial charge in [-0.1, -0.05) is 18.2 Å². The van der Waals surface area contributed by atoms with Crippen molar-refractivity contribution in [2.24, 2.45) is 7.05 Å². The number of fused-ring (bicyclic) bond motifs is 1. The van der Waals surface area contributed by atoms with Crippen molar-refractivity contribution in [3.8, 4) is 0 Å². The lowest BCUT2D eigenvalue weighted by Crippen LogP contribution is -2.29. The third-order valence-corrected chi connectivity index (χ3v) is 3.05. The van der Waals surface area contributed by atoms with Crippen molar-refractivity contribution in [3.63, 3.8) is 0 Å². The summed E-state index contributed by atoms with van der Waals surface area (Å²) in [4.78, 5) is 24.9. The van der Waals surface area contributed by atoms with Crippen LogP contribution in [-0.2, 0) is 13.6 Å². The molecule has 0 aliphatic carbocycles. The van der Waals surface area contributed by atoms with Crippen LogP contribution in [0.3, 0.4) is 0 Å². The Morgan fingerprint density at radius 2 is 2.00 bits per heavy atom. The van der Waals surface area contributed by atoms with Crippen molar-refractivity contribution < 1.29 is 0 Å². The molecule has 2 aromatic heterocycles. The van der Waals surface area contributed by atoms with Gasteiger partial charge >= 0.3 is 5.69 Å². The predicted molar refractivity (Wildman–Crippen MR) is 71.1 cm³/mol. The molecule has 3 rings (SSSR count). The Bertz CT molecular complexity index is 857. The van der Waals surface area contributed by atoms with Crippen molar-refractivity contribution in [3.05, 3.63) is 63.1 Å². The molecule has 0 saturated heterocycles. The highest BCUT2D eigenvalue weighted by Crippen LogP contribution is 2.17. The lowest BCUT2D eigenvalue weighted by molar-refractivity contribution is 0.681. The first-order chi connectivity index (χ1) is 9.15. The van der Waals surface area contributed by atoms with Crippen LogP contribution in [0.2, 0.25) is 0 Å². The molecule has 1 aromatic carbocycles. The van der Waals surface area contributed by atoms with Gasteiger partial charge < -0.3 is 0 Å². The maximum atomic E-state index is 11.7. The maximum Gasteiger partial charge on any atom is 0.328 e. The van der Waals surface area contributed by atoms with E-state index in [4.69, 9.17) is 0 Å². The lowest BCUT2D eigenvalue weighted by Gasteiger charge is -2.01. The molecular formula is C13H12N4O2. The Balaban J connectivity index is 2.11. The minimum Gasteiger partial charge on any atom is -0.295 e. The molecule has 6 heteroatoms. The SMILES string of the molecule is Cn1nc(Cn2ccc(=O)[nH]c2=O)c2ccccc21. The number of hydrogen-bond donors (Lipinski definition) is 1. The van der Waals surface area contributed by atoms with Gasteiger partial charge in [0, 0.05) is 24.7 Å². The second kappa shape index (κ2) is 4.24. The molecule has 2 heterocycles. The molecule has 0 aliphatic heterocycles. The summed E-state index contributed by atoms with van der Waals surface area (Å²) in [6.07, 6.45) is 1.48. The Labute approximate surface area is 107 Å². The van der Waals surface area contributed by atoms with E-state index in [9.17, 15) is 9.59 Å². The fourth-order valence-corrected chi connectivity index (χ4v) is 2.14. The zero-order chi connectivity index (χ0) is 13.4. The number of benzene rings is 1. The number of aromatic amines is 1. The van der Waals surface area contributed by atoms with Crippen molar-refractivity contribution in [1.29, 1.82) is 0 Å². The van der Waals surface area contributed by atoms with Crippen LogP contribution in [0.15, 0.2) is 46.1 Å². The highest BCUT2D eigenvalue weighted by Gasteiger charge is 2.08. The van der Waals surface area contributed by atoms with E-state index in [1.54, 1.807) is 4.68 Å². The van der Waals surface area contributed by atoms with Crippen molar-refractivity contribution in [1.82, 2.24) is 19.3 Å². The molecule has 3 aromatic rings. The van der Waals surface area contributed by atoms with Gasteiger partial charge in [0.05, 0.1) is 17.8 Å². The molecule has 0 bridgehead atoms. The number of nitrogens with one attached hydrogen (secondary N) is 1. The highest BCUT2D eigenvalue weighted by molar-refractivity contribution is 5.81. The first-order valence-electron chi connectivity index (χ1n) is 5.85. The smallest absolute Gasteiger partial charge is 0.295 e. The second-order valence-electron chi connectivity index (χ2n) is 4.33. The summed E-state index contributed by atoms with van der Waals surface area (Å²) in [5, 5.41) is 5.42. The van der Waals surface area contributed by atoms with Crippen LogP contribution in [0.25, 0.3) is 10.9 Å². The maximum absolute atomic E-state index is 11.7. The van der Waals surface area contributed by atoms with Gasteiger partial charge in [0.15, 0.2) is 0 Å². The Morgan fingerprint density at radius 1 is 1.21 bits per heavy atom. The van der Waals surface area contributed by atoms with E-state index >= 15 is 0 Å². The summed E-state index contributed by atoms with van der Waals surface area (Å²) in [6, 6.07) is 9.14. The van der Waals surface area contributed by atoms with Gasteiger partial charge in [0.1, 0.15) is 0 Å². The van der Waals surface area contributed by atoms with Crippen LogP contribution < -0.4 is 11.2 Å². The van der Waals surface area contributed by atoms with E-state index < -0.39 is 11.2 Å². The van der Waals surface area contributed by atoms with E-state index in [0.717, 1.165) is 16.6 Å². The summed E-state index contributed by atoms with van der Waals surface area (Å²) in [5.74, 6) is 0. The topological polar surface area (TPSA) is 72.7 Å². The third-order valence-electron chi connectivity index (χ3n) is 3.05. The first-order valence-corrected chi connectivity index (χ1v) is 5.85. The quantitative estimate of drug-likeness (QED) is 0.724. The number of hydrogen-bond acceptors (Lipinski definition) is 3. The summed E-state index contributed by atoms with van der Waals surface area (Å²) in [6.45, 7) is 0.330. The molecule has 0 unspecified atom stereocenters. The van der Waals surface area contributed by atoms with E-state index in [1.807, 2.05) is 31.3 Å². The normalized spacial score (nSPS) is 11.0. The molecular weight excluding hydrogens is 244 g/mol. The molecule has 0 spiro atoms. The molecule has 0 atom stereocenters. The van der Waals surface area contributed by atoms with Gasteiger partial charge in [0.25, 0.3) is 5.56 Å². The number of nitrogens with zero attached hydrogens (tertiary/aromatic N) is 3. The summed E-state index contributed by atoms with van der Waals surface area (Å²) in [7, 11) is 1.86. The van der Waals surface area contributed by atoms with E-state index in [1.165, 1.54) is 16.8 Å². The molecule has 6 nitrogen and oxygen atoms in total. The standard InChI is InChI=1S/C13H12N4O2/c1-16-11-5-3-2-4-9(11)10(15-16)8-17-7-6-12(18)14-13(17)19/h2-7H,8H2,1H3,(H,14,18,19).